The van der Waals surface area contributed by atoms with E-state index < -0.39 is 0 Å². The summed E-state index contributed by atoms with van der Waals surface area (Å²) < 4.78 is 0. The van der Waals surface area contributed by atoms with Gasteiger partial charge in [0.2, 0.25) is 0 Å². The molecule has 0 saturated carbocycles. The van der Waals surface area contributed by atoms with E-state index in [0.717, 1.165) is 22.3 Å². The average molecular weight is 265 g/mol. The molecule has 20 heavy (non-hydrogen) atoms. The van der Waals surface area contributed by atoms with Crippen molar-refractivity contribution in [3.8, 4) is 17.1 Å². The van der Waals surface area contributed by atoms with E-state index in [9.17, 15) is 5.11 Å². The van der Waals surface area contributed by atoms with Crippen LogP contribution in [-0.2, 0) is 0 Å². The third kappa shape index (κ3) is 2.05. The molecule has 4 heteroatoms. The van der Waals surface area contributed by atoms with Crippen LogP contribution in [0.4, 0.5) is 5.82 Å². The molecular formula is C16H15N3O. The molecule has 3 aromatic rings. The summed E-state index contributed by atoms with van der Waals surface area (Å²) in [6.07, 6.45) is 0. The Morgan fingerprint density at radius 1 is 1.05 bits per heavy atom. The Morgan fingerprint density at radius 3 is 2.60 bits per heavy atom. The number of nitrogens with one attached hydrogen (secondary N) is 1. The van der Waals surface area contributed by atoms with Crippen molar-refractivity contribution in [3.05, 3.63) is 48.0 Å². The first kappa shape index (κ1) is 12.4. The van der Waals surface area contributed by atoms with E-state index in [2.05, 4.69) is 15.3 Å². The van der Waals surface area contributed by atoms with Gasteiger partial charge in [-0.15, -0.1) is 0 Å². The molecule has 2 aromatic carbocycles. The molecule has 1 aromatic heterocycles. The van der Waals surface area contributed by atoms with Gasteiger partial charge in [0, 0.05) is 12.4 Å². The molecule has 2 N–H and O–H groups in total. The average Bonchev–Trinajstić information content (AvgIpc) is 2.46. The second kappa shape index (κ2) is 4.81. The molecule has 0 saturated heterocycles. The zero-order chi connectivity index (χ0) is 14.1. The van der Waals surface area contributed by atoms with Gasteiger partial charge in [0.15, 0.2) is 5.82 Å². The van der Waals surface area contributed by atoms with Crippen LogP contribution in [0.25, 0.3) is 22.3 Å². The zero-order valence-electron chi connectivity index (χ0n) is 11.4. The van der Waals surface area contributed by atoms with E-state index in [1.807, 2.05) is 44.3 Å². The van der Waals surface area contributed by atoms with Crippen LogP contribution in [0.2, 0.25) is 0 Å². The van der Waals surface area contributed by atoms with Gasteiger partial charge in [-0.25, -0.2) is 9.97 Å². The molecule has 0 unspecified atom stereocenters. The highest BCUT2D eigenvalue weighted by Gasteiger charge is 2.11. The van der Waals surface area contributed by atoms with E-state index in [0.29, 0.717) is 11.4 Å². The van der Waals surface area contributed by atoms with Crippen molar-refractivity contribution in [1.82, 2.24) is 9.97 Å². The zero-order valence-corrected chi connectivity index (χ0v) is 11.4. The van der Waals surface area contributed by atoms with Crippen LogP contribution in [0, 0.1) is 6.92 Å². The molecule has 0 aliphatic carbocycles. The summed E-state index contributed by atoms with van der Waals surface area (Å²) in [5, 5.41) is 14.0. The van der Waals surface area contributed by atoms with Crippen molar-refractivity contribution in [3.63, 3.8) is 0 Å². The Bertz CT molecular complexity index is 784. The van der Waals surface area contributed by atoms with Crippen LogP contribution in [0.3, 0.4) is 0 Å². The molecule has 0 aliphatic heterocycles. The highest BCUT2D eigenvalue weighted by molar-refractivity contribution is 5.91. The number of hydrogen-bond acceptors (Lipinski definition) is 4. The molecule has 0 atom stereocenters. The lowest BCUT2D eigenvalue weighted by Gasteiger charge is -2.09. The van der Waals surface area contributed by atoms with Crippen molar-refractivity contribution in [2.75, 3.05) is 12.4 Å². The van der Waals surface area contributed by atoms with Crippen molar-refractivity contribution in [2.45, 2.75) is 6.92 Å². The number of rotatable bonds is 2. The lowest BCUT2D eigenvalue weighted by molar-refractivity contribution is 0.477. The van der Waals surface area contributed by atoms with Gasteiger partial charge in [-0.2, -0.15) is 0 Å². The third-order valence-electron chi connectivity index (χ3n) is 3.23. The van der Waals surface area contributed by atoms with Crippen LogP contribution >= 0.6 is 0 Å². The number of nitrogens with zero attached hydrogens (tertiary/aromatic N) is 2. The van der Waals surface area contributed by atoms with Gasteiger partial charge in [-0.3, -0.25) is 0 Å². The molecule has 3 rings (SSSR count). The summed E-state index contributed by atoms with van der Waals surface area (Å²) in [5.74, 6) is 1.46. The van der Waals surface area contributed by atoms with Gasteiger partial charge >= 0.3 is 0 Å². The number of aromatic nitrogens is 2. The van der Waals surface area contributed by atoms with Gasteiger partial charge in [-0.1, -0.05) is 18.2 Å². The SMILES string of the molecule is CNc1nc(-c2ccccc2O)nc2cc(C)ccc12. The fourth-order valence-corrected chi connectivity index (χ4v) is 2.21. The molecule has 0 aliphatic rings. The molecule has 1 heterocycles. The van der Waals surface area contributed by atoms with Crippen molar-refractivity contribution < 1.29 is 5.11 Å². The van der Waals surface area contributed by atoms with Gasteiger partial charge in [0.1, 0.15) is 11.6 Å². The molecule has 0 amide bonds. The predicted octanol–water partition coefficient (Wildman–Crippen LogP) is 3.35. The predicted molar refractivity (Wildman–Crippen MR) is 80.9 cm³/mol. The van der Waals surface area contributed by atoms with Crippen molar-refractivity contribution in [2.24, 2.45) is 0 Å². The monoisotopic (exact) mass is 265 g/mol. The fourth-order valence-electron chi connectivity index (χ4n) is 2.21. The van der Waals surface area contributed by atoms with Crippen LogP contribution in [0.15, 0.2) is 42.5 Å². The van der Waals surface area contributed by atoms with Crippen LogP contribution in [-0.4, -0.2) is 22.1 Å². The number of fused-ring (bicyclic) bond motifs is 1. The maximum absolute atomic E-state index is 9.95. The molecule has 0 radical (unpaired) electrons. The van der Waals surface area contributed by atoms with Crippen LogP contribution in [0.5, 0.6) is 5.75 Å². The Hall–Kier alpha value is -2.62. The van der Waals surface area contributed by atoms with Crippen LogP contribution in [0.1, 0.15) is 5.56 Å². The number of anilines is 1. The number of aromatic hydroxyl groups is 1. The van der Waals surface area contributed by atoms with E-state index in [1.165, 1.54) is 0 Å². The van der Waals surface area contributed by atoms with Gasteiger partial charge in [0.05, 0.1) is 11.1 Å². The summed E-state index contributed by atoms with van der Waals surface area (Å²) in [5.41, 5.74) is 2.64. The second-order valence-electron chi connectivity index (χ2n) is 4.68. The molecule has 0 bridgehead atoms. The van der Waals surface area contributed by atoms with E-state index >= 15 is 0 Å². The lowest BCUT2D eigenvalue weighted by atomic mass is 10.1. The summed E-state index contributed by atoms with van der Waals surface area (Å²) >= 11 is 0. The first-order chi connectivity index (χ1) is 9.69. The summed E-state index contributed by atoms with van der Waals surface area (Å²) in [6, 6.07) is 13.1. The van der Waals surface area contributed by atoms with Gasteiger partial charge in [0.25, 0.3) is 0 Å². The fraction of sp³-hybridized carbons (Fsp3) is 0.125. The minimum atomic E-state index is 0.182. The lowest BCUT2D eigenvalue weighted by Crippen LogP contribution is -1.99. The van der Waals surface area contributed by atoms with Gasteiger partial charge < -0.3 is 10.4 Å². The largest absolute Gasteiger partial charge is 0.507 e. The molecule has 0 spiro atoms. The van der Waals surface area contributed by atoms with E-state index in [4.69, 9.17) is 0 Å². The standard InChI is InChI=1S/C16H15N3O/c1-10-7-8-11-13(9-10)18-16(19-15(11)17-2)12-5-3-4-6-14(12)20/h3-9,20H,1-2H3,(H,17,18,19). The number of hydrogen-bond donors (Lipinski definition) is 2. The number of phenolic OH excluding ortho intramolecular Hbond substituents is 1. The first-order valence-electron chi connectivity index (χ1n) is 6.43. The summed E-state index contributed by atoms with van der Waals surface area (Å²) in [4.78, 5) is 9.06. The summed E-state index contributed by atoms with van der Waals surface area (Å²) in [7, 11) is 1.83. The second-order valence-corrected chi connectivity index (χ2v) is 4.68. The summed E-state index contributed by atoms with van der Waals surface area (Å²) in [6.45, 7) is 2.03. The van der Waals surface area contributed by atoms with Crippen molar-refractivity contribution >= 4 is 16.7 Å². The van der Waals surface area contributed by atoms with Gasteiger partial charge in [-0.05, 0) is 36.8 Å². The smallest absolute Gasteiger partial charge is 0.165 e. The Balaban J connectivity index is 2.30. The maximum atomic E-state index is 9.95. The minimum Gasteiger partial charge on any atom is -0.507 e. The Morgan fingerprint density at radius 2 is 1.85 bits per heavy atom. The quantitative estimate of drug-likeness (QED) is 0.746. The molecule has 4 nitrogen and oxygen atoms in total. The number of aryl methyl sites for hydroxylation is 1. The van der Waals surface area contributed by atoms with E-state index in [1.54, 1.807) is 12.1 Å². The first-order valence-corrected chi connectivity index (χ1v) is 6.43. The molecular weight excluding hydrogens is 250 g/mol. The minimum absolute atomic E-state index is 0.182. The topological polar surface area (TPSA) is 58.0 Å². The van der Waals surface area contributed by atoms with Crippen molar-refractivity contribution in [1.29, 1.82) is 0 Å². The third-order valence-corrected chi connectivity index (χ3v) is 3.23. The molecule has 0 fully saturated rings. The normalized spacial score (nSPS) is 10.7. The highest BCUT2D eigenvalue weighted by Crippen LogP contribution is 2.29. The Labute approximate surface area is 117 Å². The number of phenols is 1. The Kier molecular flexibility index (Phi) is 2.99. The molecule has 100 valence electrons. The number of para-hydroxylation sites is 1. The highest BCUT2D eigenvalue weighted by atomic mass is 16.3. The maximum Gasteiger partial charge on any atom is 0.165 e. The number of benzene rings is 2. The van der Waals surface area contributed by atoms with E-state index in [-0.39, 0.29) is 5.75 Å². The van der Waals surface area contributed by atoms with Crippen LogP contribution < -0.4 is 5.32 Å².